The molecule has 0 amide bonds. The lowest BCUT2D eigenvalue weighted by Crippen LogP contribution is -2.40. The molecule has 0 aliphatic carbocycles. The molecule has 0 unspecified atom stereocenters. The fourth-order valence-electron chi connectivity index (χ4n) is 4.04. The first-order valence-corrected chi connectivity index (χ1v) is 10.2. The van der Waals surface area contributed by atoms with Gasteiger partial charge >= 0.3 is 5.97 Å². The maximum Gasteiger partial charge on any atom is 0.310 e. The second-order valence-electron chi connectivity index (χ2n) is 7.41. The summed E-state index contributed by atoms with van der Waals surface area (Å²) in [5.74, 6) is -1.09. The molecule has 1 aromatic heterocycles. The van der Waals surface area contributed by atoms with Gasteiger partial charge in [0.05, 0.1) is 29.3 Å². The van der Waals surface area contributed by atoms with Gasteiger partial charge in [0.2, 0.25) is 0 Å². The first-order valence-electron chi connectivity index (χ1n) is 10.2. The highest BCUT2D eigenvalue weighted by Gasteiger charge is 2.30. The lowest BCUT2D eigenvalue weighted by Gasteiger charge is -2.35. The predicted molar refractivity (Wildman–Crippen MR) is 113 cm³/mol. The second-order valence-corrected chi connectivity index (χ2v) is 7.41. The third-order valence-electron chi connectivity index (χ3n) is 5.44. The molecule has 6 heteroatoms. The van der Waals surface area contributed by atoms with Crippen LogP contribution in [0.5, 0.6) is 0 Å². The minimum Gasteiger partial charge on any atom is -0.466 e. The van der Waals surface area contributed by atoms with Crippen LogP contribution >= 0.6 is 0 Å². The van der Waals surface area contributed by atoms with Crippen molar-refractivity contribution in [3.63, 3.8) is 0 Å². The molecule has 0 saturated carbocycles. The average Bonchev–Trinajstić information content (AvgIpc) is 2.78. The second kappa shape index (κ2) is 8.61. The van der Waals surface area contributed by atoms with Gasteiger partial charge in [0, 0.05) is 30.2 Å². The highest BCUT2D eigenvalue weighted by Crippen LogP contribution is 2.34. The number of fused-ring (bicyclic) bond motifs is 1. The number of carbonyl (C=O) groups excluding carboxylic acids is 2. The van der Waals surface area contributed by atoms with E-state index in [-0.39, 0.29) is 17.7 Å². The number of nitrogens with zero attached hydrogens (tertiary/aromatic N) is 2. The van der Waals surface area contributed by atoms with Crippen molar-refractivity contribution < 1.29 is 18.7 Å². The van der Waals surface area contributed by atoms with Crippen molar-refractivity contribution >= 4 is 28.3 Å². The monoisotopic (exact) mass is 406 g/mol. The lowest BCUT2D eigenvalue weighted by atomic mass is 9.94. The highest BCUT2D eigenvalue weighted by molar-refractivity contribution is 6.16. The molecule has 0 radical (unpaired) electrons. The molecule has 0 N–H and O–H groups in total. The Bertz CT molecular complexity index is 1080. The van der Waals surface area contributed by atoms with Gasteiger partial charge in [-0.2, -0.15) is 0 Å². The Hall–Kier alpha value is -3.28. The molecule has 0 spiro atoms. The van der Waals surface area contributed by atoms with E-state index >= 15 is 0 Å². The van der Waals surface area contributed by atoms with Crippen LogP contribution in [0.4, 0.5) is 10.1 Å². The number of piperidine rings is 1. The minimum absolute atomic E-state index is 0.178. The number of ketones is 1. The molecular formula is C24H23FN2O3. The minimum atomic E-state index is -0.395. The third-order valence-corrected chi connectivity index (χ3v) is 5.44. The summed E-state index contributed by atoms with van der Waals surface area (Å²) in [6, 6.07) is 13.3. The molecule has 1 aliphatic rings. The van der Waals surface area contributed by atoms with Gasteiger partial charge in [-0.15, -0.1) is 0 Å². The SMILES string of the molecule is CCOC(=O)[C@H]1CCCN(c2c(C(=O)c3ccccc3)cnc3ccc(F)cc23)C1. The fourth-order valence-corrected chi connectivity index (χ4v) is 4.04. The maximum atomic E-state index is 14.1. The molecule has 2 heterocycles. The lowest BCUT2D eigenvalue weighted by molar-refractivity contribution is -0.148. The quantitative estimate of drug-likeness (QED) is 0.465. The van der Waals surface area contributed by atoms with E-state index in [0.29, 0.717) is 47.4 Å². The summed E-state index contributed by atoms with van der Waals surface area (Å²) in [4.78, 5) is 32.1. The van der Waals surface area contributed by atoms with Gasteiger partial charge in [0.25, 0.3) is 0 Å². The highest BCUT2D eigenvalue weighted by atomic mass is 19.1. The van der Waals surface area contributed by atoms with Crippen LogP contribution in [0.1, 0.15) is 35.7 Å². The number of halogens is 1. The Labute approximate surface area is 174 Å². The smallest absolute Gasteiger partial charge is 0.310 e. The van der Waals surface area contributed by atoms with Crippen LogP contribution in [0.15, 0.2) is 54.7 Å². The molecule has 5 nitrogen and oxygen atoms in total. The van der Waals surface area contributed by atoms with E-state index in [4.69, 9.17) is 4.74 Å². The Morgan fingerprint density at radius 3 is 2.77 bits per heavy atom. The number of esters is 1. The van der Waals surface area contributed by atoms with Crippen molar-refractivity contribution in [3.8, 4) is 0 Å². The summed E-state index contributed by atoms with van der Waals surface area (Å²) in [6.45, 7) is 3.20. The molecule has 154 valence electrons. The van der Waals surface area contributed by atoms with Crippen molar-refractivity contribution in [2.75, 3.05) is 24.6 Å². The van der Waals surface area contributed by atoms with Gasteiger partial charge in [-0.3, -0.25) is 14.6 Å². The number of aromatic nitrogens is 1. The zero-order valence-corrected chi connectivity index (χ0v) is 16.8. The Morgan fingerprint density at radius 1 is 1.20 bits per heavy atom. The van der Waals surface area contributed by atoms with Crippen molar-refractivity contribution in [1.82, 2.24) is 4.98 Å². The topological polar surface area (TPSA) is 59.5 Å². The molecule has 0 bridgehead atoms. The van der Waals surface area contributed by atoms with E-state index in [9.17, 15) is 14.0 Å². The summed E-state index contributed by atoms with van der Waals surface area (Å²) < 4.78 is 19.4. The summed E-state index contributed by atoms with van der Waals surface area (Å²) >= 11 is 0. The number of carbonyl (C=O) groups is 2. The number of pyridine rings is 1. The number of hydrogen-bond donors (Lipinski definition) is 0. The standard InChI is InChI=1S/C24H23FN2O3/c1-2-30-24(29)17-9-6-12-27(15-17)22-19-13-18(25)10-11-21(19)26-14-20(22)23(28)16-7-4-3-5-8-16/h3-5,7-8,10-11,13-14,17H,2,6,9,12,15H2,1H3/t17-/m0/s1. The van der Waals surface area contributed by atoms with E-state index in [2.05, 4.69) is 4.98 Å². The molecule has 2 aromatic carbocycles. The van der Waals surface area contributed by atoms with E-state index in [1.807, 2.05) is 11.0 Å². The van der Waals surface area contributed by atoms with E-state index in [1.54, 1.807) is 43.5 Å². The molecule has 4 rings (SSSR count). The first-order chi connectivity index (χ1) is 14.6. The number of anilines is 1. The molecular weight excluding hydrogens is 383 g/mol. The largest absolute Gasteiger partial charge is 0.466 e. The van der Waals surface area contributed by atoms with Crippen LogP contribution in [0.3, 0.4) is 0 Å². The zero-order chi connectivity index (χ0) is 21.1. The Morgan fingerprint density at radius 2 is 2.00 bits per heavy atom. The normalized spacial score (nSPS) is 16.5. The molecule has 1 fully saturated rings. The van der Waals surface area contributed by atoms with Gasteiger partial charge in [-0.1, -0.05) is 30.3 Å². The summed E-state index contributed by atoms with van der Waals surface area (Å²) in [7, 11) is 0. The van der Waals surface area contributed by atoms with Crippen LogP contribution in [-0.2, 0) is 9.53 Å². The van der Waals surface area contributed by atoms with Crippen LogP contribution in [0.25, 0.3) is 10.9 Å². The van der Waals surface area contributed by atoms with Gasteiger partial charge < -0.3 is 9.64 Å². The van der Waals surface area contributed by atoms with Crippen molar-refractivity contribution in [2.45, 2.75) is 19.8 Å². The van der Waals surface area contributed by atoms with Gasteiger partial charge in [-0.25, -0.2) is 4.39 Å². The van der Waals surface area contributed by atoms with E-state index in [0.717, 1.165) is 12.8 Å². The zero-order valence-electron chi connectivity index (χ0n) is 16.8. The number of ether oxygens (including phenoxy) is 1. The first kappa shape index (κ1) is 20.0. The number of hydrogen-bond acceptors (Lipinski definition) is 5. The molecule has 30 heavy (non-hydrogen) atoms. The van der Waals surface area contributed by atoms with E-state index in [1.165, 1.54) is 12.1 Å². The summed E-state index contributed by atoms with van der Waals surface area (Å²) in [5.41, 5.74) is 2.18. The average molecular weight is 406 g/mol. The molecule has 1 aliphatic heterocycles. The van der Waals surface area contributed by atoms with Crippen molar-refractivity contribution in [2.24, 2.45) is 5.92 Å². The maximum absolute atomic E-state index is 14.1. The Kier molecular flexibility index (Phi) is 5.74. The Balaban J connectivity index is 1.82. The van der Waals surface area contributed by atoms with E-state index < -0.39 is 5.82 Å². The fraction of sp³-hybridized carbons (Fsp3) is 0.292. The van der Waals surface area contributed by atoms with Crippen LogP contribution in [0.2, 0.25) is 0 Å². The third kappa shape index (κ3) is 3.90. The van der Waals surface area contributed by atoms with Crippen molar-refractivity contribution in [1.29, 1.82) is 0 Å². The number of benzene rings is 2. The van der Waals surface area contributed by atoms with Crippen molar-refractivity contribution in [3.05, 3.63) is 71.7 Å². The van der Waals surface area contributed by atoms with Crippen LogP contribution < -0.4 is 4.90 Å². The van der Waals surface area contributed by atoms with Gasteiger partial charge in [0.15, 0.2) is 5.78 Å². The van der Waals surface area contributed by atoms with Crippen LogP contribution in [0, 0.1) is 11.7 Å². The number of rotatable bonds is 5. The molecule has 1 atom stereocenters. The molecule has 3 aromatic rings. The van der Waals surface area contributed by atoms with Gasteiger partial charge in [-0.05, 0) is 38.0 Å². The summed E-state index contributed by atoms with van der Waals surface area (Å²) in [5, 5.41) is 0.571. The van der Waals surface area contributed by atoms with Gasteiger partial charge in [0.1, 0.15) is 5.82 Å². The molecule has 1 saturated heterocycles. The van der Waals surface area contributed by atoms with Crippen LogP contribution in [-0.4, -0.2) is 36.4 Å². The summed E-state index contributed by atoms with van der Waals surface area (Å²) in [6.07, 6.45) is 3.06. The predicted octanol–water partition coefficient (Wildman–Crippen LogP) is 4.38.